The van der Waals surface area contributed by atoms with E-state index in [-0.39, 0.29) is 78.7 Å². The lowest BCUT2D eigenvalue weighted by atomic mass is 10.1. The van der Waals surface area contributed by atoms with Gasteiger partial charge in [-0.25, -0.2) is 14.2 Å². The molecule has 0 radical (unpaired) electrons. The lowest BCUT2D eigenvalue weighted by molar-refractivity contribution is -0.179. The third-order valence-corrected chi connectivity index (χ3v) is 6.70. The monoisotopic (exact) mass is 659 g/mol. The zero-order valence-corrected chi connectivity index (χ0v) is 26.2. The Morgan fingerprint density at radius 2 is 1.68 bits per heavy atom. The predicted molar refractivity (Wildman–Crippen MR) is 165 cm³/mol. The predicted octanol–water partition coefficient (Wildman–Crippen LogP) is 0.553. The van der Waals surface area contributed by atoms with Crippen molar-refractivity contribution in [2.45, 2.75) is 25.8 Å². The van der Waals surface area contributed by atoms with Crippen LogP contribution in [0.5, 0.6) is 17.2 Å². The van der Waals surface area contributed by atoms with Crippen LogP contribution in [0.2, 0.25) is 0 Å². The Kier molecular flexibility index (Phi) is 13.7. The molecule has 0 aliphatic rings. The van der Waals surface area contributed by atoms with Gasteiger partial charge < -0.3 is 44.8 Å². The first kappa shape index (κ1) is 36.1. The second-order valence-corrected chi connectivity index (χ2v) is 9.73. The number of aromatic nitrogens is 1. The van der Waals surface area contributed by atoms with E-state index in [1.165, 1.54) is 43.4 Å². The van der Waals surface area contributed by atoms with Crippen LogP contribution < -0.4 is 42.0 Å². The molecule has 0 spiro atoms. The van der Waals surface area contributed by atoms with Gasteiger partial charge in [0.15, 0.2) is 17.1 Å². The molecule has 3 aromatic rings. The standard InChI is InChI=1S/C30H37N5O12/c1-42-25-19(7-4-10-22(25)47-44-3)27(38)33-14-11-24(37)34(16-6-13-31)18-15-32-23(36)12-17-35-28(39)20-8-5-9-21(45-30(41)43-2)26(20)46-29(35)40/h4-5,7-10H,6,11-18,31H2,1-3H3,(H,32,36)(H,33,38). The fourth-order valence-corrected chi connectivity index (χ4v) is 4.44. The van der Waals surface area contributed by atoms with Gasteiger partial charge in [-0.1, -0.05) is 12.1 Å². The van der Waals surface area contributed by atoms with E-state index in [1.54, 1.807) is 12.1 Å². The molecule has 47 heavy (non-hydrogen) atoms. The maximum absolute atomic E-state index is 12.9. The Labute approximate surface area is 268 Å². The molecule has 0 saturated carbocycles. The number of amides is 3. The number of nitrogens with two attached hydrogens (primary N) is 1. The number of fused-ring (bicyclic) bond motifs is 1. The van der Waals surface area contributed by atoms with Crippen LogP contribution in [0.3, 0.4) is 0 Å². The number of hydrogen-bond donors (Lipinski definition) is 3. The molecule has 1 heterocycles. The highest BCUT2D eigenvalue weighted by Crippen LogP contribution is 2.31. The highest BCUT2D eigenvalue weighted by Gasteiger charge is 2.20. The van der Waals surface area contributed by atoms with E-state index in [0.29, 0.717) is 19.5 Å². The molecule has 3 rings (SSSR count). The van der Waals surface area contributed by atoms with Crippen LogP contribution in [-0.2, 0) is 25.8 Å². The first-order valence-electron chi connectivity index (χ1n) is 14.5. The molecule has 0 saturated heterocycles. The largest absolute Gasteiger partial charge is 0.513 e. The number of ether oxygens (including phenoxy) is 3. The van der Waals surface area contributed by atoms with Gasteiger partial charge in [0, 0.05) is 45.6 Å². The zero-order valence-electron chi connectivity index (χ0n) is 26.2. The number of carbonyl (C=O) groups is 4. The Hall–Kier alpha value is -5.42. The van der Waals surface area contributed by atoms with Crippen molar-refractivity contribution in [3.05, 3.63) is 62.9 Å². The number of benzene rings is 2. The van der Waals surface area contributed by atoms with E-state index in [2.05, 4.69) is 20.3 Å². The van der Waals surface area contributed by atoms with Gasteiger partial charge in [0.25, 0.3) is 11.5 Å². The molecule has 4 N–H and O–H groups in total. The van der Waals surface area contributed by atoms with Crippen LogP contribution in [0, 0.1) is 0 Å². The van der Waals surface area contributed by atoms with Crippen molar-refractivity contribution in [3.63, 3.8) is 0 Å². The summed E-state index contributed by atoms with van der Waals surface area (Å²) in [4.78, 5) is 86.4. The van der Waals surface area contributed by atoms with Gasteiger partial charge in [0.2, 0.25) is 17.6 Å². The smallest absolute Gasteiger partial charge is 0.492 e. The first-order chi connectivity index (χ1) is 22.6. The normalized spacial score (nSPS) is 10.6. The van der Waals surface area contributed by atoms with Gasteiger partial charge in [0.05, 0.1) is 32.3 Å². The van der Waals surface area contributed by atoms with Crippen LogP contribution in [0.25, 0.3) is 11.0 Å². The van der Waals surface area contributed by atoms with Gasteiger partial charge in [0.1, 0.15) is 0 Å². The van der Waals surface area contributed by atoms with Crippen LogP contribution in [0.15, 0.2) is 50.4 Å². The fourth-order valence-electron chi connectivity index (χ4n) is 4.44. The SMILES string of the molecule is COOc1cccc(C(=O)NCCC(=O)N(CCCN)CCNC(=O)CCn2c(=O)oc3c(OC(=O)OC)cccc3c2=O)c1OC. The van der Waals surface area contributed by atoms with Gasteiger partial charge in [-0.15, -0.1) is 0 Å². The van der Waals surface area contributed by atoms with Crippen molar-refractivity contribution in [3.8, 4) is 17.2 Å². The first-order valence-corrected chi connectivity index (χ1v) is 14.5. The Bertz CT molecular complexity index is 1690. The summed E-state index contributed by atoms with van der Waals surface area (Å²) in [6, 6.07) is 8.84. The van der Waals surface area contributed by atoms with Crippen molar-refractivity contribution < 1.29 is 47.6 Å². The maximum Gasteiger partial charge on any atom is 0.513 e. The molecule has 254 valence electrons. The van der Waals surface area contributed by atoms with Crippen LogP contribution in [-0.4, -0.2) is 87.4 Å². The number of para-hydroxylation sites is 2. The molecular formula is C30H37N5O12. The molecular weight excluding hydrogens is 622 g/mol. The summed E-state index contributed by atoms with van der Waals surface area (Å²) >= 11 is 0. The van der Waals surface area contributed by atoms with Gasteiger partial charge in [-0.05, 0) is 37.2 Å². The maximum atomic E-state index is 12.9. The third-order valence-electron chi connectivity index (χ3n) is 6.70. The average Bonchev–Trinajstić information content (AvgIpc) is 3.06. The molecule has 0 atom stereocenters. The van der Waals surface area contributed by atoms with Crippen LogP contribution >= 0.6 is 0 Å². The number of methoxy groups -OCH3 is 2. The summed E-state index contributed by atoms with van der Waals surface area (Å²) in [5.74, 6) is -2.07. The molecule has 0 aliphatic carbocycles. The summed E-state index contributed by atoms with van der Waals surface area (Å²) in [5.41, 5.74) is 4.85. The molecule has 1 aromatic heterocycles. The number of carbonyl (C=O) groups excluding carboxylic acids is 4. The van der Waals surface area contributed by atoms with E-state index in [9.17, 15) is 28.8 Å². The Morgan fingerprint density at radius 3 is 2.38 bits per heavy atom. The Morgan fingerprint density at radius 1 is 0.936 bits per heavy atom. The minimum Gasteiger partial charge on any atom is -0.492 e. The topological polar surface area (TPSA) is 220 Å². The third kappa shape index (κ3) is 9.78. The number of hydrogen-bond acceptors (Lipinski definition) is 13. The summed E-state index contributed by atoms with van der Waals surface area (Å²) in [5, 5.41) is 5.31. The molecule has 0 aliphatic heterocycles. The number of rotatable bonds is 17. The van der Waals surface area contributed by atoms with Crippen LogP contribution in [0.4, 0.5) is 4.79 Å². The van der Waals surface area contributed by atoms with Gasteiger partial charge in [-0.3, -0.25) is 19.2 Å². The minimum atomic E-state index is -1.06. The number of nitrogens with one attached hydrogen (secondary N) is 2. The molecule has 2 aromatic carbocycles. The van der Waals surface area contributed by atoms with Crippen molar-refractivity contribution in [1.29, 1.82) is 0 Å². The van der Waals surface area contributed by atoms with Crippen molar-refractivity contribution in [1.82, 2.24) is 20.1 Å². The molecule has 17 heteroatoms. The number of nitrogens with zero attached hydrogens (tertiary/aromatic N) is 2. The zero-order chi connectivity index (χ0) is 34.3. The second-order valence-electron chi connectivity index (χ2n) is 9.73. The molecule has 0 fully saturated rings. The van der Waals surface area contributed by atoms with E-state index < -0.39 is 29.3 Å². The summed E-state index contributed by atoms with van der Waals surface area (Å²) < 4.78 is 20.6. The summed E-state index contributed by atoms with van der Waals surface area (Å²) in [6.45, 7) is 0.654. The molecule has 3 amide bonds. The van der Waals surface area contributed by atoms with Crippen LogP contribution in [0.1, 0.15) is 29.6 Å². The van der Waals surface area contributed by atoms with Crippen molar-refractivity contribution in [2.24, 2.45) is 5.73 Å². The minimum absolute atomic E-state index is 0.0200. The summed E-state index contributed by atoms with van der Waals surface area (Å²) in [6.07, 6.45) is -0.804. The van der Waals surface area contributed by atoms with E-state index in [1.807, 2.05) is 0 Å². The van der Waals surface area contributed by atoms with E-state index in [0.717, 1.165) is 11.7 Å². The Balaban J connectivity index is 1.53. The van der Waals surface area contributed by atoms with Crippen molar-refractivity contribution >= 4 is 34.8 Å². The second kappa shape index (κ2) is 17.9. The van der Waals surface area contributed by atoms with E-state index in [4.69, 9.17) is 24.5 Å². The quantitative estimate of drug-likeness (QED) is 0.0781. The highest BCUT2D eigenvalue weighted by atomic mass is 17.2. The summed E-state index contributed by atoms with van der Waals surface area (Å²) in [7, 11) is 3.80. The average molecular weight is 660 g/mol. The van der Waals surface area contributed by atoms with Gasteiger partial charge in [-0.2, -0.15) is 4.89 Å². The van der Waals surface area contributed by atoms with E-state index >= 15 is 0 Å². The lowest BCUT2D eigenvalue weighted by Gasteiger charge is -2.23. The van der Waals surface area contributed by atoms with Gasteiger partial charge >= 0.3 is 11.9 Å². The fraction of sp³-hybridized carbons (Fsp3) is 0.400. The molecule has 0 bridgehead atoms. The molecule has 17 nitrogen and oxygen atoms in total. The van der Waals surface area contributed by atoms with Crippen molar-refractivity contribution in [2.75, 3.05) is 54.1 Å². The highest BCUT2D eigenvalue weighted by molar-refractivity contribution is 5.98. The molecule has 0 unspecified atom stereocenters. The lowest BCUT2D eigenvalue weighted by Crippen LogP contribution is -2.41.